The molecule has 0 aliphatic carbocycles. The average molecular weight is 436 g/mol. The van der Waals surface area contributed by atoms with E-state index < -0.39 is 9.84 Å². The number of fused-ring (bicyclic) bond motifs is 1. The topological polar surface area (TPSA) is 101 Å². The fraction of sp³-hybridized carbons (Fsp3) is 0.227. The van der Waals surface area contributed by atoms with E-state index >= 15 is 0 Å². The molecule has 158 valence electrons. The van der Waals surface area contributed by atoms with Crippen molar-refractivity contribution >= 4 is 26.6 Å². The van der Waals surface area contributed by atoms with Crippen LogP contribution in [0.15, 0.2) is 59.8 Å². The molecule has 9 heteroatoms. The highest BCUT2D eigenvalue weighted by molar-refractivity contribution is 7.90. The van der Waals surface area contributed by atoms with Gasteiger partial charge in [-0.15, -0.1) is 0 Å². The van der Waals surface area contributed by atoms with E-state index in [0.29, 0.717) is 48.8 Å². The maximum atomic E-state index is 12.5. The van der Waals surface area contributed by atoms with Crippen LogP contribution in [0.3, 0.4) is 0 Å². The summed E-state index contributed by atoms with van der Waals surface area (Å²) < 4.78 is 30.6. The third-order valence-corrected chi connectivity index (χ3v) is 6.52. The Morgan fingerprint density at radius 1 is 1.06 bits per heavy atom. The van der Waals surface area contributed by atoms with Gasteiger partial charge in [0.1, 0.15) is 22.7 Å². The van der Waals surface area contributed by atoms with Gasteiger partial charge in [-0.05, 0) is 29.8 Å². The van der Waals surface area contributed by atoms with E-state index in [9.17, 15) is 8.42 Å². The SMILES string of the molecule is CS(=O)(=O)c1ccccc1-c1cc(N2CCOCC2)nc2c(-c3cc[nH]n3)nccc12. The minimum Gasteiger partial charge on any atom is -0.378 e. The molecule has 1 aliphatic heterocycles. The highest BCUT2D eigenvalue weighted by atomic mass is 32.2. The molecule has 0 atom stereocenters. The first kappa shape index (κ1) is 19.7. The average Bonchev–Trinajstić information content (AvgIpc) is 3.33. The molecule has 31 heavy (non-hydrogen) atoms. The zero-order valence-corrected chi connectivity index (χ0v) is 17.8. The number of sulfone groups is 1. The summed E-state index contributed by atoms with van der Waals surface area (Å²) in [5, 5.41) is 7.92. The number of aromatic nitrogens is 4. The summed E-state index contributed by atoms with van der Waals surface area (Å²) in [4.78, 5) is 11.9. The zero-order valence-electron chi connectivity index (χ0n) is 16.9. The lowest BCUT2D eigenvalue weighted by Crippen LogP contribution is -2.36. The van der Waals surface area contributed by atoms with Gasteiger partial charge < -0.3 is 9.64 Å². The Labute approximate surface area is 179 Å². The standard InChI is InChI=1S/C22H21N5O3S/c1-31(28,29)19-5-3-2-4-15(19)17-14-20(27-10-12-30-13-11-27)25-21-16(17)6-8-23-22(21)18-7-9-24-26-18/h2-9,14H,10-13H2,1H3,(H,24,26). The molecule has 4 aromatic rings. The molecule has 0 saturated carbocycles. The molecule has 1 fully saturated rings. The summed E-state index contributed by atoms with van der Waals surface area (Å²) >= 11 is 0. The third-order valence-electron chi connectivity index (χ3n) is 5.37. The van der Waals surface area contributed by atoms with Crippen molar-refractivity contribution in [3.63, 3.8) is 0 Å². The van der Waals surface area contributed by atoms with Crippen molar-refractivity contribution in [1.82, 2.24) is 20.2 Å². The van der Waals surface area contributed by atoms with Gasteiger partial charge in [0.2, 0.25) is 0 Å². The van der Waals surface area contributed by atoms with Gasteiger partial charge >= 0.3 is 0 Å². The number of morpholine rings is 1. The number of benzene rings is 1. The number of anilines is 1. The molecule has 0 bridgehead atoms. The van der Waals surface area contributed by atoms with Crippen LogP contribution < -0.4 is 4.90 Å². The van der Waals surface area contributed by atoms with Crippen LogP contribution in [0.4, 0.5) is 5.82 Å². The van der Waals surface area contributed by atoms with Gasteiger partial charge in [-0.3, -0.25) is 10.1 Å². The van der Waals surface area contributed by atoms with Gasteiger partial charge in [-0.2, -0.15) is 5.10 Å². The molecule has 0 amide bonds. The van der Waals surface area contributed by atoms with Crippen LogP contribution in [0.2, 0.25) is 0 Å². The summed E-state index contributed by atoms with van der Waals surface area (Å²) in [6, 6.07) is 12.7. The lowest BCUT2D eigenvalue weighted by molar-refractivity contribution is 0.122. The van der Waals surface area contributed by atoms with Crippen molar-refractivity contribution in [2.45, 2.75) is 4.90 Å². The first-order valence-corrected chi connectivity index (χ1v) is 11.8. The van der Waals surface area contributed by atoms with E-state index in [4.69, 9.17) is 9.72 Å². The van der Waals surface area contributed by atoms with E-state index in [-0.39, 0.29) is 4.90 Å². The van der Waals surface area contributed by atoms with Crippen molar-refractivity contribution in [1.29, 1.82) is 0 Å². The number of hydrogen-bond donors (Lipinski definition) is 1. The quantitative estimate of drug-likeness (QED) is 0.526. The Morgan fingerprint density at radius 2 is 1.87 bits per heavy atom. The predicted octanol–water partition coefficient (Wildman–Crippen LogP) is 2.93. The highest BCUT2D eigenvalue weighted by Crippen LogP contribution is 2.37. The second-order valence-electron chi connectivity index (χ2n) is 7.41. The van der Waals surface area contributed by atoms with E-state index in [2.05, 4.69) is 20.1 Å². The van der Waals surface area contributed by atoms with Crippen LogP contribution >= 0.6 is 0 Å². The van der Waals surface area contributed by atoms with Crippen molar-refractivity contribution in [3.8, 4) is 22.5 Å². The van der Waals surface area contributed by atoms with Crippen LogP contribution in [0.1, 0.15) is 0 Å². The summed E-state index contributed by atoms with van der Waals surface area (Å²) in [7, 11) is -3.43. The van der Waals surface area contributed by atoms with Crippen molar-refractivity contribution in [2.24, 2.45) is 0 Å². The van der Waals surface area contributed by atoms with Crippen LogP contribution in [0, 0.1) is 0 Å². The van der Waals surface area contributed by atoms with E-state index in [1.807, 2.05) is 30.3 Å². The van der Waals surface area contributed by atoms with Gasteiger partial charge in [0, 0.05) is 42.7 Å². The van der Waals surface area contributed by atoms with E-state index in [0.717, 1.165) is 16.8 Å². The summed E-state index contributed by atoms with van der Waals surface area (Å²) in [6.07, 6.45) is 4.67. The van der Waals surface area contributed by atoms with Crippen molar-refractivity contribution in [3.05, 3.63) is 54.9 Å². The second kappa shape index (κ2) is 7.75. The summed E-state index contributed by atoms with van der Waals surface area (Å²) in [5.74, 6) is 0.763. The molecule has 5 rings (SSSR count). The Morgan fingerprint density at radius 3 is 2.61 bits per heavy atom. The lowest BCUT2D eigenvalue weighted by atomic mass is 10.00. The van der Waals surface area contributed by atoms with Crippen LogP contribution in [-0.2, 0) is 14.6 Å². The van der Waals surface area contributed by atoms with Gasteiger partial charge in [-0.25, -0.2) is 13.4 Å². The largest absolute Gasteiger partial charge is 0.378 e. The van der Waals surface area contributed by atoms with E-state index in [1.165, 1.54) is 6.26 Å². The molecule has 8 nitrogen and oxygen atoms in total. The Bertz CT molecular complexity index is 1350. The summed E-state index contributed by atoms with van der Waals surface area (Å²) in [6.45, 7) is 2.66. The molecule has 1 aromatic carbocycles. The van der Waals surface area contributed by atoms with Crippen molar-refractivity contribution in [2.75, 3.05) is 37.5 Å². The Balaban J connectivity index is 1.83. The number of ether oxygens (including phenoxy) is 1. The smallest absolute Gasteiger partial charge is 0.176 e. The molecule has 0 spiro atoms. The molecule has 1 aliphatic rings. The maximum Gasteiger partial charge on any atom is 0.176 e. The molecule has 1 N–H and O–H groups in total. The Kier molecular flexibility index (Phi) is 4.91. The molecule has 1 saturated heterocycles. The fourth-order valence-electron chi connectivity index (χ4n) is 3.91. The number of aromatic amines is 1. The monoisotopic (exact) mass is 435 g/mol. The molecule has 4 heterocycles. The normalized spacial score (nSPS) is 14.8. The van der Waals surface area contributed by atoms with Crippen LogP contribution in [-0.4, -0.2) is 61.1 Å². The zero-order chi connectivity index (χ0) is 21.4. The number of rotatable bonds is 4. The first-order chi connectivity index (χ1) is 15.0. The van der Waals surface area contributed by atoms with E-state index in [1.54, 1.807) is 24.5 Å². The van der Waals surface area contributed by atoms with Gasteiger partial charge in [0.25, 0.3) is 0 Å². The second-order valence-corrected chi connectivity index (χ2v) is 9.40. The number of pyridine rings is 2. The fourth-order valence-corrected chi connectivity index (χ4v) is 4.81. The van der Waals surface area contributed by atoms with Gasteiger partial charge in [0.15, 0.2) is 9.84 Å². The maximum absolute atomic E-state index is 12.5. The number of nitrogens with one attached hydrogen (secondary N) is 1. The third kappa shape index (κ3) is 3.66. The van der Waals surface area contributed by atoms with Gasteiger partial charge in [-0.1, -0.05) is 18.2 Å². The molecular formula is C22H21N5O3S. The van der Waals surface area contributed by atoms with Gasteiger partial charge in [0.05, 0.1) is 18.1 Å². The van der Waals surface area contributed by atoms with Crippen LogP contribution in [0.5, 0.6) is 0 Å². The highest BCUT2D eigenvalue weighted by Gasteiger charge is 2.22. The van der Waals surface area contributed by atoms with Crippen LogP contribution in [0.25, 0.3) is 33.4 Å². The number of nitrogens with zero attached hydrogens (tertiary/aromatic N) is 4. The molecule has 0 unspecified atom stereocenters. The van der Waals surface area contributed by atoms with Crippen molar-refractivity contribution < 1.29 is 13.2 Å². The minimum absolute atomic E-state index is 0.286. The lowest BCUT2D eigenvalue weighted by Gasteiger charge is -2.28. The molecule has 3 aromatic heterocycles. The number of hydrogen-bond acceptors (Lipinski definition) is 7. The molecule has 0 radical (unpaired) electrons. The number of H-pyrrole nitrogens is 1. The summed E-state index contributed by atoms with van der Waals surface area (Å²) in [5.41, 5.74) is 3.45. The Hall–Kier alpha value is -3.30. The first-order valence-electron chi connectivity index (χ1n) is 9.94. The predicted molar refractivity (Wildman–Crippen MR) is 119 cm³/mol. The molecular weight excluding hydrogens is 414 g/mol. The minimum atomic E-state index is -3.43.